The lowest BCUT2D eigenvalue weighted by molar-refractivity contribution is 0.0953. The number of thiazole rings is 1. The molecule has 1 N–H and O–H groups in total. The molecule has 1 fully saturated rings. The van der Waals surface area contributed by atoms with Crippen molar-refractivity contribution in [3.8, 4) is 10.6 Å². The number of carbonyl (C=O) groups excluding carboxylic acids is 1. The zero-order chi connectivity index (χ0) is 18.7. The van der Waals surface area contributed by atoms with Crippen molar-refractivity contribution in [2.24, 2.45) is 0 Å². The Balaban J connectivity index is 1.62. The van der Waals surface area contributed by atoms with Crippen LogP contribution in [-0.2, 0) is 0 Å². The molecule has 1 unspecified atom stereocenters. The van der Waals surface area contributed by atoms with Crippen LogP contribution in [0.2, 0.25) is 0 Å². The summed E-state index contributed by atoms with van der Waals surface area (Å²) in [6, 6.07) is 8.87. The minimum Gasteiger partial charge on any atom is -0.378 e. The predicted octanol–water partition coefficient (Wildman–Crippen LogP) is 3.40. The Morgan fingerprint density at radius 2 is 2.08 bits per heavy atom. The molecule has 0 aliphatic carbocycles. The first-order valence-corrected chi connectivity index (χ1v) is 10.0. The largest absolute Gasteiger partial charge is 0.378 e. The number of rotatable bonds is 6. The van der Waals surface area contributed by atoms with Gasteiger partial charge in [-0.2, -0.15) is 0 Å². The Morgan fingerprint density at radius 3 is 2.69 bits per heavy atom. The van der Waals surface area contributed by atoms with Crippen molar-refractivity contribution in [1.29, 1.82) is 0 Å². The maximum Gasteiger partial charge on any atom is 0.263 e. The van der Waals surface area contributed by atoms with Crippen LogP contribution in [0.5, 0.6) is 0 Å². The SMILES string of the molecule is Cc1nc(-c2ccc(N(C)C)cc2)sc1C(=O)NCCC1CCCN1C. The van der Waals surface area contributed by atoms with Crippen molar-refractivity contribution in [2.45, 2.75) is 32.2 Å². The summed E-state index contributed by atoms with van der Waals surface area (Å²) in [4.78, 5) is 22.3. The number of hydrogen-bond acceptors (Lipinski definition) is 5. The van der Waals surface area contributed by atoms with Crippen LogP contribution in [0, 0.1) is 6.92 Å². The molecule has 140 valence electrons. The van der Waals surface area contributed by atoms with Gasteiger partial charge in [-0.15, -0.1) is 11.3 Å². The molecule has 0 radical (unpaired) electrons. The van der Waals surface area contributed by atoms with Crippen molar-refractivity contribution < 1.29 is 4.79 Å². The number of aromatic nitrogens is 1. The van der Waals surface area contributed by atoms with E-state index < -0.39 is 0 Å². The summed E-state index contributed by atoms with van der Waals surface area (Å²) in [6.07, 6.45) is 3.51. The van der Waals surface area contributed by atoms with Crippen LogP contribution in [0.25, 0.3) is 10.6 Å². The van der Waals surface area contributed by atoms with Gasteiger partial charge in [0.15, 0.2) is 0 Å². The summed E-state index contributed by atoms with van der Waals surface area (Å²) in [5.41, 5.74) is 3.00. The van der Waals surface area contributed by atoms with Gasteiger partial charge in [0, 0.05) is 37.9 Å². The van der Waals surface area contributed by atoms with Crippen LogP contribution in [0.3, 0.4) is 0 Å². The zero-order valence-corrected chi connectivity index (χ0v) is 16.9. The molecule has 2 aromatic rings. The molecule has 2 heterocycles. The summed E-state index contributed by atoms with van der Waals surface area (Å²) in [6.45, 7) is 3.80. The van der Waals surface area contributed by atoms with Gasteiger partial charge in [-0.3, -0.25) is 4.79 Å². The maximum atomic E-state index is 12.5. The molecule has 1 aliphatic rings. The quantitative estimate of drug-likeness (QED) is 0.844. The van der Waals surface area contributed by atoms with E-state index in [1.165, 1.54) is 30.7 Å². The third kappa shape index (κ3) is 4.24. The van der Waals surface area contributed by atoms with Crippen LogP contribution in [0.15, 0.2) is 24.3 Å². The molecule has 1 saturated heterocycles. The predicted molar refractivity (Wildman–Crippen MR) is 109 cm³/mol. The van der Waals surface area contributed by atoms with Crippen LogP contribution >= 0.6 is 11.3 Å². The molecule has 1 aliphatic heterocycles. The van der Waals surface area contributed by atoms with Gasteiger partial charge in [-0.1, -0.05) is 0 Å². The van der Waals surface area contributed by atoms with E-state index in [4.69, 9.17) is 0 Å². The van der Waals surface area contributed by atoms with Crippen LogP contribution in [0.1, 0.15) is 34.6 Å². The number of nitrogens with zero attached hydrogens (tertiary/aromatic N) is 3. The lowest BCUT2D eigenvalue weighted by Crippen LogP contribution is -2.31. The molecule has 1 aromatic carbocycles. The number of benzene rings is 1. The third-order valence-corrected chi connectivity index (χ3v) is 6.27. The lowest BCUT2D eigenvalue weighted by atomic mass is 10.1. The topological polar surface area (TPSA) is 48.5 Å². The molecule has 3 rings (SSSR count). The minimum atomic E-state index is -0.00295. The molecule has 5 nitrogen and oxygen atoms in total. The standard InChI is InChI=1S/C20H28N4OS/c1-14-18(19(25)21-12-11-17-6-5-13-24(17)4)26-20(22-14)15-7-9-16(10-8-15)23(2)3/h7-10,17H,5-6,11-13H2,1-4H3,(H,21,25). The normalized spacial score (nSPS) is 17.5. The number of anilines is 1. The van der Waals surface area contributed by atoms with E-state index >= 15 is 0 Å². The highest BCUT2D eigenvalue weighted by Gasteiger charge is 2.21. The third-order valence-electron chi connectivity index (χ3n) is 5.07. The second-order valence-corrected chi connectivity index (χ2v) is 8.20. The highest BCUT2D eigenvalue weighted by Crippen LogP contribution is 2.29. The van der Waals surface area contributed by atoms with Crippen molar-refractivity contribution in [2.75, 3.05) is 39.1 Å². The average Bonchev–Trinajstić information content (AvgIpc) is 3.21. The summed E-state index contributed by atoms with van der Waals surface area (Å²) in [5, 5.41) is 3.97. The highest BCUT2D eigenvalue weighted by molar-refractivity contribution is 7.17. The van der Waals surface area contributed by atoms with Gasteiger partial charge in [0.05, 0.1) is 5.69 Å². The lowest BCUT2D eigenvalue weighted by Gasteiger charge is -2.19. The van der Waals surface area contributed by atoms with Crippen molar-refractivity contribution >= 4 is 22.9 Å². The number of nitrogens with one attached hydrogen (secondary N) is 1. The molecular weight excluding hydrogens is 344 g/mol. The Morgan fingerprint density at radius 1 is 1.35 bits per heavy atom. The van der Waals surface area contributed by atoms with Crippen LogP contribution in [0.4, 0.5) is 5.69 Å². The van der Waals surface area contributed by atoms with Gasteiger partial charge in [0.25, 0.3) is 5.91 Å². The zero-order valence-electron chi connectivity index (χ0n) is 16.1. The number of aryl methyl sites for hydroxylation is 1. The molecule has 6 heteroatoms. The second kappa shape index (κ2) is 8.18. The minimum absolute atomic E-state index is 0.00295. The van der Waals surface area contributed by atoms with Crippen LogP contribution < -0.4 is 10.2 Å². The second-order valence-electron chi connectivity index (χ2n) is 7.20. The molecule has 1 aromatic heterocycles. The van der Waals surface area contributed by atoms with E-state index in [1.54, 1.807) is 0 Å². The van der Waals surface area contributed by atoms with E-state index in [-0.39, 0.29) is 5.91 Å². The van der Waals surface area contributed by atoms with Gasteiger partial charge in [0.2, 0.25) is 0 Å². The molecule has 0 bridgehead atoms. The van der Waals surface area contributed by atoms with Crippen molar-refractivity contribution in [1.82, 2.24) is 15.2 Å². The summed E-state index contributed by atoms with van der Waals surface area (Å²) in [5.74, 6) is -0.00295. The first-order chi connectivity index (χ1) is 12.5. The summed E-state index contributed by atoms with van der Waals surface area (Å²) in [7, 11) is 6.21. The van der Waals surface area contributed by atoms with Gasteiger partial charge >= 0.3 is 0 Å². The molecule has 26 heavy (non-hydrogen) atoms. The van der Waals surface area contributed by atoms with Gasteiger partial charge < -0.3 is 15.1 Å². The maximum absolute atomic E-state index is 12.5. The Labute approximate surface area is 160 Å². The average molecular weight is 373 g/mol. The number of likely N-dealkylation sites (tertiary alicyclic amines) is 1. The van der Waals surface area contributed by atoms with Gasteiger partial charge in [-0.05, 0) is 64.0 Å². The molecule has 1 amide bonds. The van der Waals surface area contributed by atoms with E-state index in [2.05, 4.69) is 51.4 Å². The molecule has 0 saturated carbocycles. The van der Waals surface area contributed by atoms with Gasteiger partial charge in [0.1, 0.15) is 9.88 Å². The first-order valence-electron chi connectivity index (χ1n) is 9.19. The van der Waals surface area contributed by atoms with Crippen molar-refractivity contribution in [3.05, 3.63) is 34.8 Å². The number of amides is 1. The summed E-state index contributed by atoms with van der Waals surface area (Å²) >= 11 is 1.47. The Hall–Kier alpha value is -1.92. The fraction of sp³-hybridized carbons (Fsp3) is 0.500. The van der Waals surface area contributed by atoms with E-state index in [9.17, 15) is 4.79 Å². The Kier molecular flexibility index (Phi) is 5.94. The molecule has 0 spiro atoms. The monoisotopic (exact) mass is 372 g/mol. The van der Waals surface area contributed by atoms with E-state index in [0.29, 0.717) is 6.04 Å². The Bertz CT molecular complexity index is 754. The van der Waals surface area contributed by atoms with E-state index in [0.717, 1.165) is 39.8 Å². The number of carbonyl (C=O) groups is 1. The highest BCUT2D eigenvalue weighted by atomic mass is 32.1. The van der Waals surface area contributed by atoms with Crippen LogP contribution in [-0.4, -0.2) is 56.1 Å². The fourth-order valence-corrected chi connectivity index (χ4v) is 4.40. The first kappa shape index (κ1) is 18.9. The molecule has 1 atom stereocenters. The fourth-order valence-electron chi connectivity index (χ4n) is 3.41. The van der Waals surface area contributed by atoms with Gasteiger partial charge in [-0.25, -0.2) is 4.98 Å². The van der Waals surface area contributed by atoms with E-state index in [1.807, 2.05) is 21.0 Å². The van der Waals surface area contributed by atoms with Crippen molar-refractivity contribution in [3.63, 3.8) is 0 Å². The summed E-state index contributed by atoms with van der Waals surface area (Å²) < 4.78 is 0. The number of hydrogen-bond donors (Lipinski definition) is 1. The smallest absolute Gasteiger partial charge is 0.263 e. The molecular formula is C20H28N4OS.